The molecule has 0 aliphatic rings. The van der Waals surface area contributed by atoms with E-state index in [9.17, 15) is 9.18 Å². The van der Waals surface area contributed by atoms with E-state index in [4.69, 9.17) is 4.74 Å². The van der Waals surface area contributed by atoms with Crippen LogP contribution in [0.15, 0.2) is 53.3 Å². The van der Waals surface area contributed by atoms with Crippen molar-refractivity contribution in [3.63, 3.8) is 0 Å². The van der Waals surface area contributed by atoms with E-state index in [1.54, 1.807) is 24.3 Å². The lowest BCUT2D eigenvalue weighted by Crippen LogP contribution is -2.20. The Morgan fingerprint density at radius 1 is 1.25 bits per heavy atom. The van der Waals surface area contributed by atoms with Crippen LogP contribution >= 0.6 is 15.9 Å². The van der Waals surface area contributed by atoms with Crippen LogP contribution in [0.1, 0.15) is 0 Å². The highest BCUT2D eigenvalue weighted by atomic mass is 79.9. The minimum Gasteiger partial charge on any atom is -0.483 e. The SMILES string of the molecule is O=C(COc1ccc(F)cc1Br)Nc1ccc(-n2cnnn2)cc1. The van der Waals surface area contributed by atoms with Crippen LogP contribution in [0.25, 0.3) is 5.69 Å². The van der Waals surface area contributed by atoms with E-state index in [0.29, 0.717) is 15.9 Å². The van der Waals surface area contributed by atoms with E-state index < -0.39 is 0 Å². The van der Waals surface area contributed by atoms with Crippen LogP contribution in [0.5, 0.6) is 5.75 Å². The van der Waals surface area contributed by atoms with E-state index in [2.05, 4.69) is 36.8 Å². The highest BCUT2D eigenvalue weighted by Gasteiger charge is 2.07. The summed E-state index contributed by atoms with van der Waals surface area (Å²) in [6.07, 6.45) is 1.47. The summed E-state index contributed by atoms with van der Waals surface area (Å²) in [5.74, 6) is -0.330. The van der Waals surface area contributed by atoms with E-state index >= 15 is 0 Å². The van der Waals surface area contributed by atoms with Crippen molar-refractivity contribution in [2.45, 2.75) is 0 Å². The number of hydrogen-bond acceptors (Lipinski definition) is 5. The summed E-state index contributed by atoms with van der Waals surface area (Å²) < 4.78 is 20.3. The fraction of sp³-hybridized carbons (Fsp3) is 0.0667. The predicted octanol–water partition coefficient (Wildman–Crippen LogP) is 2.58. The van der Waals surface area contributed by atoms with Crippen molar-refractivity contribution >= 4 is 27.5 Å². The minimum absolute atomic E-state index is 0.195. The second kappa shape index (κ2) is 7.18. The molecule has 3 rings (SSSR count). The predicted molar refractivity (Wildman–Crippen MR) is 87.4 cm³/mol. The molecule has 0 spiro atoms. The number of rotatable bonds is 5. The number of halogens is 2. The van der Waals surface area contributed by atoms with E-state index in [-0.39, 0.29) is 18.3 Å². The van der Waals surface area contributed by atoms with E-state index in [1.807, 2.05) is 0 Å². The van der Waals surface area contributed by atoms with Gasteiger partial charge in [0.1, 0.15) is 17.9 Å². The van der Waals surface area contributed by atoms with Crippen molar-refractivity contribution in [2.75, 3.05) is 11.9 Å². The lowest BCUT2D eigenvalue weighted by atomic mass is 10.3. The molecule has 1 amide bonds. The van der Waals surface area contributed by atoms with Gasteiger partial charge in [0.05, 0.1) is 10.2 Å². The van der Waals surface area contributed by atoms with Crippen LogP contribution < -0.4 is 10.1 Å². The lowest BCUT2D eigenvalue weighted by Gasteiger charge is -2.09. The molecule has 0 fully saturated rings. The van der Waals surface area contributed by atoms with E-state index in [0.717, 1.165) is 5.69 Å². The quantitative estimate of drug-likeness (QED) is 0.722. The average Bonchev–Trinajstić information content (AvgIpc) is 3.09. The van der Waals surface area contributed by atoms with Gasteiger partial charge in [0.2, 0.25) is 0 Å². The number of nitrogens with one attached hydrogen (secondary N) is 1. The standard InChI is InChI=1S/C15H11BrFN5O2/c16-13-7-10(17)1-6-14(13)24-8-15(23)19-11-2-4-12(5-3-11)22-9-18-20-21-22/h1-7,9H,8H2,(H,19,23). The first-order valence-corrected chi connectivity index (χ1v) is 7.62. The Hall–Kier alpha value is -2.81. The number of benzene rings is 2. The Balaban J connectivity index is 1.56. The number of hydrogen-bond donors (Lipinski definition) is 1. The molecule has 0 saturated heterocycles. The molecular formula is C15H11BrFN5O2. The number of tetrazole rings is 1. The normalized spacial score (nSPS) is 10.4. The average molecular weight is 392 g/mol. The van der Waals surface area contributed by atoms with Crippen LogP contribution in [0.3, 0.4) is 0 Å². The Morgan fingerprint density at radius 3 is 2.71 bits per heavy atom. The third-order valence-corrected chi connectivity index (χ3v) is 3.64. The molecule has 0 aliphatic heterocycles. The monoisotopic (exact) mass is 391 g/mol. The molecule has 0 unspecified atom stereocenters. The van der Waals surface area contributed by atoms with Gasteiger partial charge in [0, 0.05) is 5.69 Å². The van der Waals surface area contributed by atoms with Gasteiger partial charge >= 0.3 is 0 Å². The van der Waals surface area contributed by atoms with Crippen molar-refractivity contribution < 1.29 is 13.9 Å². The highest BCUT2D eigenvalue weighted by Crippen LogP contribution is 2.25. The maximum Gasteiger partial charge on any atom is 0.262 e. The molecule has 1 aromatic heterocycles. The van der Waals surface area contributed by atoms with Gasteiger partial charge in [-0.3, -0.25) is 4.79 Å². The Morgan fingerprint density at radius 2 is 2.04 bits per heavy atom. The summed E-state index contributed by atoms with van der Waals surface area (Å²) in [6.45, 7) is -0.195. The van der Waals surface area contributed by atoms with Gasteiger partial charge in [-0.25, -0.2) is 9.07 Å². The van der Waals surface area contributed by atoms with Gasteiger partial charge in [-0.1, -0.05) is 0 Å². The van der Waals surface area contributed by atoms with Crippen LogP contribution in [0.4, 0.5) is 10.1 Å². The maximum atomic E-state index is 13.0. The Kier molecular flexibility index (Phi) is 4.80. The lowest BCUT2D eigenvalue weighted by molar-refractivity contribution is -0.118. The summed E-state index contributed by atoms with van der Waals surface area (Å²) in [7, 11) is 0. The van der Waals surface area contributed by atoms with E-state index in [1.165, 1.54) is 29.2 Å². The highest BCUT2D eigenvalue weighted by molar-refractivity contribution is 9.10. The third-order valence-electron chi connectivity index (χ3n) is 3.02. The summed E-state index contributed by atoms with van der Waals surface area (Å²) >= 11 is 3.18. The molecule has 1 heterocycles. The number of aromatic nitrogens is 4. The van der Waals surface area contributed by atoms with Crippen molar-refractivity contribution in [2.24, 2.45) is 0 Å². The molecule has 9 heteroatoms. The van der Waals surface area contributed by atoms with Crippen LogP contribution in [-0.4, -0.2) is 32.7 Å². The zero-order chi connectivity index (χ0) is 16.9. The smallest absolute Gasteiger partial charge is 0.262 e. The number of ether oxygens (including phenoxy) is 1. The first kappa shape index (κ1) is 16.1. The zero-order valence-electron chi connectivity index (χ0n) is 12.2. The Bertz CT molecular complexity index is 840. The fourth-order valence-corrected chi connectivity index (χ4v) is 2.38. The molecular weight excluding hydrogens is 381 g/mol. The summed E-state index contributed by atoms with van der Waals surface area (Å²) in [5.41, 5.74) is 1.38. The van der Waals surface area contributed by atoms with Gasteiger partial charge in [-0.15, -0.1) is 5.10 Å². The molecule has 2 aromatic carbocycles. The maximum absolute atomic E-state index is 13.0. The number of amides is 1. The first-order chi connectivity index (χ1) is 11.6. The molecule has 0 radical (unpaired) electrons. The van der Waals surface area contributed by atoms with Gasteiger partial charge in [0.25, 0.3) is 5.91 Å². The second-order valence-electron chi connectivity index (χ2n) is 4.71. The molecule has 122 valence electrons. The Labute approximate surface area is 144 Å². The number of anilines is 1. The van der Waals surface area contributed by atoms with Crippen LogP contribution in [-0.2, 0) is 4.79 Å². The van der Waals surface area contributed by atoms with Crippen molar-refractivity contribution in [3.05, 3.63) is 59.1 Å². The third kappa shape index (κ3) is 3.93. The molecule has 0 saturated carbocycles. The summed E-state index contributed by atoms with van der Waals surface area (Å²) in [5, 5.41) is 13.6. The molecule has 7 nitrogen and oxygen atoms in total. The van der Waals surface area contributed by atoms with Gasteiger partial charge in [-0.05, 0) is 68.8 Å². The van der Waals surface area contributed by atoms with Crippen molar-refractivity contribution in [1.82, 2.24) is 20.2 Å². The van der Waals surface area contributed by atoms with Gasteiger partial charge in [0.15, 0.2) is 6.61 Å². The van der Waals surface area contributed by atoms with Gasteiger partial charge in [-0.2, -0.15) is 0 Å². The number of carbonyl (C=O) groups excluding carboxylic acids is 1. The van der Waals surface area contributed by atoms with Crippen LogP contribution in [0.2, 0.25) is 0 Å². The first-order valence-electron chi connectivity index (χ1n) is 6.83. The summed E-state index contributed by atoms with van der Waals surface area (Å²) in [6, 6.07) is 11.0. The minimum atomic E-state index is -0.388. The van der Waals surface area contributed by atoms with Crippen molar-refractivity contribution in [1.29, 1.82) is 0 Å². The van der Waals surface area contributed by atoms with Gasteiger partial charge < -0.3 is 10.1 Å². The fourth-order valence-electron chi connectivity index (χ4n) is 1.91. The molecule has 1 N–H and O–H groups in total. The van der Waals surface area contributed by atoms with Crippen LogP contribution in [0, 0.1) is 5.82 Å². The largest absolute Gasteiger partial charge is 0.483 e. The molecule has 3 aromatic rings. The van der Waals surface area contributed by atoms with Crippen molar-refractivity contribution in [3.8, 4) is 11.4 Å². The second-order valence-corrected chi connectivity index (χ2v) is 5.57. The molecule has 0 bridgehead atoms. The molecule has 0 atom stereocenters. The zero-order valence-corrected chi connectivity index (χ0v) is 13.8. The summed E-state index contributed by atoms with van der Waals surface area (Å²) in [4.78, 5) is 11.9. The molecule has 24 heavy (non-hydrogen) atoms. The number of carbonyl (C=O) groups is 1. The topological polar surface area (TPSA) is 81.9 Å². The number of nitrogens with zero attached hydrogens (tertiary/aromatic N) is 4. The molecule has 0 aliphatic carbocycles.